The third-order valence-electron chi connectivity index (χ3n) is 3.20. The molecule has 0 saturated carbocycles. The molecule has 1 amide bonds. The fourth-order valence-electron chi connectivity index (χ4n) is 2.24. The topological polar surface area (TPSA) is 60.2 Å². The van der Waals surface area contributed by atoms with E-state index in [0.29, 0.717) is 12.2 Å². The minimum absolute atomic E-state index is 0.0544. The van der Waals surface area contributed by atoms with E-state index < -0.39 is 0 Å². The molecule has 1 unspecified atom stereocenters. The van der Waals surface area contributed by atoms with Gasteiger partial charge in [-0.1, -0.05) is 0 Å². The van der Waals surface area contributed by atoms with E-state index in [4.69, 9.17) is 5.26 Å². The first-order valence-electron chi connectivity index (χ1n) is 5.94. The number of carbonyl (C=O) groups excluding carboxylic acids is 1. The molecule has 0 radical (unpaired) electrons. The summed E-state index contributed by atoms with van der Waals surface area (Å²) in [6.45, 7) is 1.56. The molecule has 0 spiro atoms. The smallest absolute Gasteiger partial charge is 0.227 e. The van der Waals surface area contributed by atoms with Crippen LogP contribution >= 0.6 is 0 Å². The standard InChI is InChI=1S/C13H16N4O/c1-16(2)13(18)10-4-6-17(9-10)12-3-5-15-11(7-12)8-14/h3,5,7,10H,4,6,9H2,1-2H3. The predicted molar refractivity (Wildman–Crippen MR) is 68.0 cm³/mol. The summed E-state index contributed by atoms with van der Waals surface area (Å²) in [5.41, 5.74) is 1.38. The molecule has 1 aromatic rings. The van der Waals surface area contributed by atoms with Crippen LogP contribution in [0.2, 0.25) is 0 Å². The molecular weight excluding hydrogens is 228 g/mol. The van der Waals surface area contributed by atoms with E-state index in [1.165, 1.54) is 0 Å². The molecule has 0 N–H and O–H groups in total. The lowest BCUT2D eigenvalue weighted by Crippen LogP contribution is -2.31. The Morgan fingerprint density at radius 1 is 1.61 bits per heavy atom. The van der Waals surface area contributed by atoms with Crippen LogP contribution in [-0.4, -0.2) is 43.0 Å². The number of rotatable bonds is 2. The third kappa shape index (κ3) is 2.43. The Morgan fingerprint density at radius 2 is 2.39 bits per heavy atom. The first kappa shape index (κ1) is 12.4. The van der Waals surface area contributed by atoms with Gasteiger partial charge in [-0.25, -0.2) is 4.98 Å². The van der Waals surface area contributed by atoms with E-state index in [-0.39, 0.29) is 11.8 Å². The molecule has 1 atom stereocenters. The summed E-state index contributed by atoms with van der Waals surface area (Å²) in [6.07, 6.45) is 2.50. The number of nitriles is 1. The first-order valence-corrected chi connectivity index (χ1v) is 5.94. The third-order valence-corrected chi connectivity index (χ3v) is 3.20. The number of hydrogen-bond acceptors (Lipinski definition) is 4. The zero-order valence-corrected chi connectivity index (χ0v) is 10.6. The van der Waals surface area contributed by atoms with Gasteiger partial charge in [0.1, 0.15) is 11.8 Å². The van der Waals surface area contributed by atoms with Gasteiger partial charge in [-0.05, 0) is 18.6 Å². The molecule has 0 aromatic carbocycles. The van der Waals surface area contributed by atoms with Crippen molar-refractivity contribution in [1.82, 2.24) is 9.88 Å². The average molecular weight is 244 g/mol. The predicted octanol–water partition coefficient (Wildman–Crippen LogP) is 0.868. The second kappa shape index (κ2) is 5.05. The van der Waals surface area contributed by atoms with Gasteiger partial charge in [0.05, 0.1) is 5.92 Å². The zero-order valence-electron chi connectivity index (χ0n) is 10.6. The highest BCUT2D eigenvalue weighted by atomic mass is 16.2. The second-order valence-corrected chi connectivity index (χ2v) is 4.68. The van der Waals surface area contributed by atoms with E-state index >= 15 is 0 Å². The van der Waals surface area contributed by atoms with Crippen LogP contribution in [0.5, 0.6) is 0 Å². The van der Waals surface area contributed by atoms with Crippen molar-refractivity contribution >= 4 is 11.6 Å². The van der Waals surface area contributed by atoms with E-state index in [0.717, 1.165) is 18.7 Å². The normalized spacial score (nSPS) is 18.5. The second-order valence-electron chi connectivity index (χ2n) is 4.68. The van der Waals surface area contributed by atoms with Crippen molar-refractivity contribution in [1.29, 1.82) is 5.26 Å². The van der Waals surface area contributed by atoms with Gasteiger partial charge in [-0.15, -0.1) is 0 Å². The Bertz CT molecular complexity index is 492. The fraction of sp³-hybridized carbons (Fsp3) is 0.462. The summed E-state index contributed by atoms with van der Waals surface area (Å²) in [5, 5.41) is 8.83. The molecule has 1 fully saturated rings. The van der Waals surface area contributed by atoms with Crippen molar-refractivity contribution in [3.8, 4) is 6.07 Å². The number of anilines is 1. The highest BCUT2D eigenvalue weighted by Crippen LogP contribution is 2.24. The Hall–Kier alpha value is -2.09. The maximum atomic E-state index is 11.9. The number of carbonyl (C=O) groups is 1. The number of hydrogen-bond donors (Lipinski definition) is 0. The molecule has 1 saturated heterocycles. The van der Waals surface area contributed by atoms with Gasteiger partial charge in [0, 0.05) is 39.1 Å². The molecule has 2 heterocycles. The fourth-order valence-corrected chi connectivity index (χ4v) is 2.24. The molecule has 5 nitrogen and oxygen atoms in total. The summed E-state index contributed by atoms with van der Waals surface area (Å²) in [6, 6.07) is 5.67. The van der Waals surface area contributed by atoms with Crippen molar-refractivity contribution in [2.75, 3.05) is 32.1 Å². The number of pyridine rings is 1. The molecule has 18 heavy (non-hydrogen) atoms. The van der Waals surface area contributed by atoms with Gasteiger partial charge < -0.3 is 9.80 Å². The van der Waals surface area contributed by atoms with Crippen molar-refractivity contribution in [3.05, 3.63) is 24.0 Å². The van der Waals surface area contributed by atoms with Crippen molar-refractivity contribution < 1.29 is 4.79 Å². The lowest BCUT2D eigenvalue weighted by atomic mass is 10.1. The minimum Gasteiger partial charge on any atom is -0.371 e. The van der Waals surface area contributed by atoms with Crippen LogP contribution in [0.15, 0.2) is 18.3 Å². The Labute approximate surface area is 107 Å². The number of nitrogens with zero attached hydrogens (tertiary/aromatic N) is 4. The molecular formula is C13H16N4O. The SMILES string of the molecule is CN(C)C(=O)C1CCN(c2ccnc(C#N)c2)C1. The van der Waals surface area contributed by atoms with Gasteiger partial charge in [0.15, 0.2) is 0 Å². The largest absolute Gasteiger partial charge is 0.371 e. The first-order chi connectivity index (χ1) is 8.61. The van der Waals surface area contributed by atoms with E-state index in [1.54, 1.807) is 31.3 Å². The molecule has 0 bridgehead atoms. The van der Waals surface area contributed by atoms with Crippen LogP contribution in [0.1, 0.15) is 12.1 Å². The molecule has 1 aromatic heterocycles. The van der Waals surface area contributed by atoms with Crippen molar-refractivity contribution in [2.24, 2.45) is 5.92 Å². The molecule has 5 heteroatoms. The lowest BCUT2D eigenvalue weighted by Gasteiger charge is -2.19. The summed E-state index contributed by atoms with van der Waals surface area (Å²) < 4.78 is 0. The van der Waals surface area contributed by atoms with Crippen LogP contribution < -0.4 is 4.90 Å². The molecule has 0 aliphatic carbocycles. The maximum absolute atomic E-state index is 11.9. The Balaban J connectivity index is 2.09. The van der Waals surface area contributed by atoms with Gasteiger partial charge in [-0.3, -0.25) is 4.79 Å². The van der Waals surface area contributed by atoms with Crippen LogP contribution in [-0.2, 0) is 4.79 Å². The van der Waals surface area contributed by atoms with E-state index in [9.17, 15) is 4.79 Å². The highest BCUT2D eigenvalue weighted by molar-refractivity contribution is 5.79. The Morgan fingerprint density at radius 3 is 3.06 bits per heavy atom. The molecule has 1 aliphatic heterocycles. The number of amides is 1. The molecule has 1 aliphatic rings. The summed E-state index contributed by atoms with van der Waals surface area (Å²) in [5.74, 6) is 0.228. The summed E-state index contributed by atoms with van der Waals surface area (Å²) in [4.78, 5) is 19.6. The minimum atomic E-state index is 0.0544. The maximum Gasteiger partial charge on any atom is 0.227 e. The quantitative estimate of drug-likeness (QED) is 0.774. The Kier molecular flexibility index (Phi) is 3.47. The summed E-state index contributed by atoms with van der Waals surface area (Å²) in [7, 11) is 3.57. The van der Waals surface area contributed by atoms with Gasteiger partial charge in [0.2, 0.25) is 5.91 Å². The van der Waals surface area contributed by atoms with E-state index in [1.807, 2.05) is 12.1 Å². The monoisotopic (exact) mass is 244 g/mol. The van der Waals surface area contributed by atoms with E-state index in [2.05, 4.69) is 9.88 Å². The van der Waals surface area contributed by atoms with Crippen LogP contribution in [0.4, 0.5) is 5.69 Å². The lowest BCUT2D eigenvalue weighted by molar-refractivity contribution is -0.132. The van der Waals surface area contributed by atoms with Crippen molar-refractivity contribution in [2.45, 2.75) is 6.42 Å². The van der Waals surface area contributed by atoms with Crippen LogP contribution in [0.25, 0.3) is 0 Å². The molecule has 94 valence electrons. The van der Waals surface area contributed by atoms with Crippen molar-refractivity contribution in [3.63, 3.8) is 0 Å². The molecule has 2 rings (SSSR count). The summed E-state index contributed by atoms with van der Waals surface area (Å²) >= 11 is 0. The van der Waals surface area contributed by atoms with Gasteiger partial charge >= 0.3 is 0 Å². The highest BCUT2D eigenvalue weighted by Gasteiger charge is 2.29. The van der Waals surface area contributed by atoms with Gasteiger partial charge in [-0.2, -0.15) is 5.26 Å². The number of aromatic nitrogens is 1. The average Bonchev–Trinajstić information content (AvgIpc) is 2.87. The van der Waals surface area contributed by atoms with Crippen LogP contribution in [0.3, 0.4) is 0 Å². The van der Waals surface area contributed by atoms with Crippen LogP contribution in [0, 0.1) is 17.2 Å². The zero-order chi connectivity index (χ0) is 13.1. The van der Waals surface area contributed by atoms with Gasteiger partial charge in [0.25, 0.3) is 0 Å².